The normalized spacial score (nSPS) is 10.5. The molecule has 0 fully saturated rings. The molecular formula is C8H9N2+. The number of fused-ring (bicyclic) bond motifs is 1. The molecule has 10 heavy (non-hydrogen) atoms. The molecule has 2 nitrogen and oxygen atoms in total. The van der Waals surface area contributed by atoms with Gasteiger partial charge in [-0.1, -0.05) is 0 Å². The first-order valence-electron chi connectivity index (χ1n) is 3.32. The third kappa shape index (κ3) is 0.692. The Balaban J connectivity index is 2.88. The van der Waals surface area contributed by atoms with Gasteiger partial charge in [0.05, 0.1) is 10.9 Å². The summed E-state index contributed by atoms with van der Waals surface area (Å²) in [7, 11) is 0. The molecule has 0 unspecified atom stereocenters. The van der Waals surface area contributed by atoms with Crippen molar-refractivity contribution >= 4 is 10.9 Å². The first-order valence-corrected chi connectivity index (χ1v) is 3.32. The van der Waals surface area contributed by atoms with Gasteiger partial charge in [-0.15, -0.1) is 0 Å². The Labute approximate surface area is 58.9 Å². The van der Waals surface area contributed by atoms with Gasteiger partial charge in [0.15, 0.2) is 12.4 Å². The minimum absolute atomic E-state index is 1.19. The molecule has 0 radical (unpaired) electrons. The second kappa shape index (κ2) is 1.84. The molecule has 0 saturated heterocycles. The topological polar surface area (TPSA) is 29.9 Å². The predicted molar refractivity (Wildman–Crippen MR) is 39.6 cm³/mol. The molecule has 2 heterocycles. The maximum atomic E-state index is 3.24. The van der Waals surface area contributed by atoms with E-state index in [4.69, 9.17) is 0 Å². The van der Waals surface area contributed by atoms with Gasteiger partial charge in [0.25, 0.3) is 0 Å². The van der Waals surface area contributed by atoms with Crippen molar-refractivity contribution in [1.82, 2.24) is 4.98 Å². The van der Waals surface area contributed by atoms with Crippen molar-refractivity contribution in [3.05, 3.63) is 30.2 Å². The van der Waals surface area contributed by atoms with E-state index in [-0.39, 0.29) is 0 Å². The van der Waals surface area contributed by atoms with Gasteiger partial charge in [-0.05, 0) is 13.0 Å². The van der Waals surface area contributed by atoms with Crippen LogP contribution in [0.5, 0.6) is 0 Å². The third-order valence-corrected chi connectivity index (χ3v) is 1.60. The first-order chi connectivity index (χ1) is 4.86. The molecule has 2 aromatic rings. The number of H-pyrrole nitrogens is 2. The number of aryl methyl sites for hydroxylation is 1. The summed E-state index contributed by atoms with van der Waals surface area (Å²) < 4.78 is 0. The summed E-state index contributed by atoms with van der Waals surface area (Å²) in [6.45, 7) is 2.06. The number of aromatic amines is 2. The summed E-state index contributed by atoms with van der Waals surface area (Å²) in [5.74, 6) is 0. The summed E-state index contributed by atoms with van der Waals surface area (Å²) in [6, 6.07) is 4.15. The van der Waals surface area contributed by atoms with Gasteiger partial charge in [0, 0.05) is 11.8 Å². The van der Waals surface area contributed by atoms with Gasteiger partial charge >= 0.3 is 0 Å². The van der Waals surface area contributed by atoms with Crippen molar-refractivity contribution < 1.29 is 4.98 Å². The quantitative estimate of drug-likeness (QED) is 0.561. The van der Waals surface area contributed by atoms with Crippen LogP contribution in [0.1, 0.15) is 5.69 Å². The average Bonchev–Trinajstić information content (AvgIpc) is 2.27. The van der Waals surface area contributed by atoms with Crippen LogP contribution in [0, 0.1) is 6.92 Å². The highest BCUT2D eigenvalue weighted by molar-refractivity contribution is 5.78. The van der Waals surface area contributed by atoms with E-state index >= 15 is 0 Å². The molecule has 2 heteroatoms. The molecule has 0 aliphatic rings. The second-order valence-corrected chi connectivity index (χ2v) is 2.47. The largest absolute Gasteiger partial charge is 0.358 e. The smallest absolute Gasteiger partial charge is 0.176 e. The zero-order chi connectivity index (χ0) is 6.97. The predicted octanol–water partition coefficient (Wildman–Crippen LogP) is 1.29. The molecule has 0 atom stereocenters. The van der Waals surface area contributed by atoms with Gasteiger partial charge in [-0.25, -0.2) is 4.98 Å². The molecule has 0 aliphatic heterocycles. The van der Waals surface area contributed by atoms with Crippen molar-refractivity contribution in [2.24, 2.45) is 0 Å². The lowest BCUT2D eigenvalue weighted by Crippen LogP contribution is -1.95. The summed E-state index contributed by atoms with van der Waals surface area (Å²) in [5, 5.41) is 1.24. The maximum absolute atomic E-state index is 3.24. The highest BCUT2D eigenvalue weighted by atomic mass is 14.7. The number of rotatable bonds is 0. The van der Waals surface area contributed by atoms with Crippen LogP contribution in [0.15, 0.2) is 24.5 Å². The fourth-order valence-electron chi connectivity index (χ4n) is 1.16. The van der Waals surface area contributed by atoms with E-state index in [2.05, 4.69) is 23.0 Å². The van der Waals surface area contributed by atoms with E-state index < -0.39 is 0 Å². The fraction of sp³-hybridized carbons (Fsp3) is 0.125. The molecule has 0 aromatic carbocycles. The maximum Gasteiger partial charge on any atom is 0.176 e. The molecule has 0 aliphatic carbocycles. The van der Waals surface area contributed by atoms with Gasteiger partial charge in [0.2, 0.25) is 0 Å². The SMILES string of the molecule is Cc1cc2c[nH+]ccc2[nH]1. The Kier molecular flexibility index (Phi) is 1.01. The molecule has 2 rings (SSSR count). The number of hydrogen-bond donors (Lipinski definition) is 1. The van der Waals surface area contributed by atoms with Crippen molar-refractivity contribution in [3.63, 3.8) is 0 Å². The Morgan fingerprint density at radius 1 is 1.50 bits per heavy atom. The lowest BCUT2D eigenvalue weighted by atomic mass is 10.3. The van der Waals surface area contributed by atoms with E-state index in [9.17, 15) is 0 Å². The van der Waals surface area contributed by atoms with Crippen LogP contribution in [-0.2, 0) is 0 Å². The highest BCUT2D eigenvalue weighted by Gasteiger charge is 1.96. The summed E-state index contributed by atoms with van der Waals surface area (Å²) >= 11 is 0. The molecule has 2 N–H and O–H groups in total. The standard InChI is InChI=1S/C8H8N2/c1-6-4-7-5-9-3-2-8(7)10-6/h2-5,10H,1H3/p+1. The van der Waals surface area contributed by atoms with Crippen LogP contribution in [0.3, 0.4) is 0 Å². The van der Waals surface area contributed by atoms with Crippen LogP contribution in [-0.4, -0.2) is 4.98 Å². The lowest BCUT2D eigenvalue weighted by Gasteiger charge is -1.78. The number of aromatic nitrogens is 2. The van der Waals surface area contributed by atoms with Gasteiger partial charge in [-0.3, -0.25) is 0 Å². The second-order valence-electron chi connectivity index (χ2n) is 2.47. The Bertz CT molecular complexity index is 316. The van der Waals surface area contributed by atoms with Crippen molar-refractivity contribution in [2.45, 2.75) is 6.92 Å². The molecule has 50 valence electrons. The zero-order valence-corrected chi connectivity index (χ0v) is 5.81. The van der Waals surface area contributed by atoms with Gasteiger partial charge in [0.1, 0.15) is 0 Å². The van der Waals surface area contributed by atoms with Crippen molar-refractivity contribution in [2.75, 3.05) is 0 Å². The van der Waals surface area contributed by atoms with Crippen molar-refractivity contribution in [3.8, 4) is 0 Å². The van der Waals surface area contributed by atoms with E-state index in [1.807, 2.05) is 18.5 Å². The summed E-state index contributed by atoms with van der Waals surface area (Å²) in [5.41, 5.74) is 2.39. The lowest BCUT2D eigenvalue weighted by molar-refractivity contribution is -0.375. The molecule has 0 bridgehead atoms. The minimum atomic E-state index is 1.19. The molecule has 0 spiro atoms. The van der Waals surface area contributed by atoms with E-state index in [1.165, 1.54) is 16.6 Å². The number of nitrogens with one attached hydrogen (secondary N) is 2. The first kappa shape index (κ1) is 5.47. The third-order valence-electron chi connectivity index (χ3n) is 1.60. The average molecular weight is 133 g/mol. The molecule has 0 saturated carbocycles. The Morgan fingerprint density at radius 3 is 3.20 bits per heavy atom. The molecular weight excluding hydrogens is 124 g/mol. The number of pyridine rings is 1. The molecule has 0 amide bonds. The highest BCUT2D eigenvalue weighted by Crippen LogP contribution is 2.10. The summed E-state index contributed by atoms with van der Waals surface area (Å²) in [4.78, 5) is 6.27. The Morgan fingerprint density at radius 2 is 2.40 bits per heavy atom. The zero-order valence-electron chi connectivity index (χ0n) is 5.81. The number of hydrogen-bond acceptors (Lipinski definition) is 0. The Hall–Kier alpha value is -1.31. The van der Waals surface area contributed by atoms with Gasteiger partial charge < -0.3 is 4.98 Å². The molecule has 2 aromatic heterocycles. The van der Waals surface area contributed by atoms with Crippen LogP contribution in [0.2, 0.25) is 0 Å². The summed E-state index contributed by atoms with van der Waals surface area (Å²) in [6.07, 6.45) is 3.90. The van der Waals surface area contributed by atoms with Crippen molar-refractivity contribution in [1.29, 1.82) is 0 Å². The van der Waals surface area contributed by atoms with E-state index in [0.717, 1.165) is 0 Å². The van der Waals surface area contributed by atoms with Crippen LogP contribution >= 0.6 is 0 Å². The van der Waals surface area contributed by atoms with Crippen LogP contribution < -0.4 is 4.98 Å². The van der Waals surface area contributed by atoms with Gasteiger partial charge in [-0.2, -0.15) is 0 Å². The minimum Gasteiger partial charge on any atom is -0.358 e. The van der Waals surface area contributed by atoms with E-state index in [0.29, 0.717) is 0 Å². The van der Waals surface area contributed by atoms with Crippen LogP contribution in [0.4, 0.5) is 0 Å². The van der Waals surface area contributed by atoms with E-state index in [1.54, 1.807) is 0 Å². The fourth-order valence-corrected chi connectivity index (χ4v) is 1.16. The monoisotopic (exact) mass is 133 g/mol. The van der Waals surface area contributed by atoms with Crippen LogP contribution in [0.25, 0.3) is 10.9 Å².